The SMILES string of the molecule is CC(C)(C)c1cc(C=Nc2cc([N+](=O)[O-])c([N+](=O)[O-])cc2N(Cc2cc(C(C)(C)C)cc(C(C)(C)C)c2O)Cc2cc(C(C)(C)C)cc(C(C)(C)C)c2O)c(O)c(C(C)(C)C)c1. The van der Waals surface area contributed by atoms with Crippen molar-refractivity contribution >= 4 is 29.0 Å². The number of benzene rings is 4. The number of aromatic hydroxyl groups is 3. The molecule has 0 bridgehead atoms. The lowest BCUT2D eigenvalue weighted by Crippen LogP contribution is -2.25. The number of phenols is 3. The molecule has 336 valence electrons. The van der Waals surface area contributed by atoms with Crippen molar-refractivity contribution in [1.82, 2.24) is 0 Å². The number of hydrogen-bond acceptors (Lipinski definition) is 9. The smallest absolute Gasteiger partial charge is 0.348 e. The molecule has 0 spiro atoms. The third-order valence-electron chi connectivity index (χ3n) is 11.4. The second kappa shape index (κ2) is 16.7. The van der Waals surface area contributed by atoms with Crippen molar-refractivity contribution in [2.24, 2.45) is 4.99 Å². The highest BCUT2D eigenvalue weighted by atomic mass is 16.6. The molecular weight excluding hydrogens is 781 g/mol. The van der Waals surface area contributed by atoms with E-state index in [2.05, 4.69) is 62.3 Å². The number of rotatable bonds is 9. The average molecular weight is 851 g/mol. The Labute approximate surface area is 369 Å². The lowest BCUT2D eigenvalue weighted by Gasteiger charge is -2.32. The zero-order chi connectivity index (χ0) is 47.5. The van der Waals surface area contributed by atoms with Crippen LogP contribution < -0.4 is 4.90 Å². The summed E-state index contributed by atoms with van der Waals surface area (Å²) >= 11 is 0. The van der Waals surface area contributed by atoms with Crippen LogP contribution >= 0.6 is 0 Å². The van der Waals surface area contributed by atoms with Crippen LogP contribution in [0.2, 0.25) is 0 Å². The van der Waals surface area contributed by atoms with Crippen LogP contribution in [0.4, 0.5) is 22.7 Å². The molecule has 0 amide bonds. The maximum Gasteiger partial charge on any atom is 0.348 e. The van der Waals surface area contributed by atoms with E-state index in [0.29, 0.717) is 33.4 Å². The summed E-state index contributed by atoms with van der Waals surface area (Å²) in [6.45, 7) is 36.7. The van der Waals surface area contributed by atoms with Gasteiger partial charge in [0, 0.05) is 47.6 Å². The highest BCUT2D eigenvalue weighted by molar-refractivity contribution is 5.89. The standard InChI is InChI=1S/C51H70N4O7/c1-46(2,3)33-19-30(43(56)36(22-33)49(10,11)12)27-52-39-25-41(54(59)60)42(55(61)62)26-40(39)53(28-31-20-34(47(4,5)6)23-37(44(31)57)50(13,14)15)29-32-21-35(48(7,8)9)24-38(45(32)58)51(16,17)18/h19-27,56-58H,28-29H2,1-18H3. The fourth-order valence-electron chi connectivity index (χ4n) is 7.38. The Bertz CT molecular complexity index is 2320. The van der Waals surface area contributed by atoms with Crippen molar-refractivity contribution in [3.63, 3.8) is 0 Å². The Morgan fingerprint density at radius 2 is 0.839 bits per heavy atom. The third-order valence-corrected chi connectivity index (χ3v) is 11.4. The Hall–Kier alpha value is -5.45. The number of phenolic OH excluding ortho intramolecular Hbond substituents is 3. The molecule has 0 saturated heterocycles. The van der Waals surface area contributed by atoms with Gasteiger partial charge in [-0.25, -0.2) is 0 Å². The summed E-state index contributed by atoms with van der Waals surface area (Å²) in [6.07, 6.45) is 1.44. The van der Waals surface area contributed by atoms with Crippen molar-refractivity contribution in [1.29, 1.82) is 0 Å². The second-order valence-electron chi connectivity index (χ2n) is 23.0. The molecular formula is C51H70N4O7. The summed E-state index contributed by atoms with van der Waals surface area (Å²) in [4.78, 5) is 30.2. The number of aliphatic imine (C=N–C) groups is 1. The van der Waals surface area contributed by atoms with Gasteiger partial charge in [-0.2, -0.15) is 0 Å². The highest BCUT2D eigenvalue weighted by Gasteiger charge is 2.33. The van der Waals surface area contributed by atoms with E-state index in [0.717, 1.165) is 28.8 Å². The molecule has 0 aliphatic rings. The predicted octanol–water partition coefficient (Wildman–Crippen LogP) is 13.4. The van der Waals surface area contributed by atoms with Crippen LogP contribution in [-0.4, -0.2) is 31.4 Å². The topological polar surface area (TPSA) is 163 Å². The van der Waals surface area contributed by atoms with Crippen LogP contribution in [0.3, 0.4) is 0 Å². The summed E-state index contributed by atoms with van der Waals surface area (Å²) in [5, 5.41) is 61.1. The van der Waals surface area contributed by atoms with Gasteiger partial charge in [-0.3, -0.25) is 25.2 Å². The van der Waals surface area contributed by atoms with Crippen molar-refractivity contribution in [2.75, 3.05) is 4.90 Å². The van der Waals surface area contributed by atoms with E-state index in [1.807, 2.05) is 98.7 Å². The lowest BCUT2D eigenvalue weighted by atomic mass is 9.78. The fourth-order valence-corrected chi connectivity index (χ4v) is 7.38. The van der Waals surface area contributed by atoms with E-state index in [9.17, 15) is 35.5 Å². The second-order valence-corrected chi connectivity index (χ2v) is 23.0. The quantitative estimate of drug-likeness (QED) is 0.0851. The van der Waals surface area contributed by atoms with Crippen LogP contribution in [0.1, 0.15) is 175 Å². The first kappa shape index (κ1) is 49.2. The molecule has 0 unspecified atom stereocenters. The van der Waals surface area contributed by atoms with Crippen molar-refractivity contribution in [3.8, 4) is 17.2 Å². The van der Waals surface area contributed by atoms with E-state index in [4.69, 9.17) is 4.99 Å². The van der Waals surface area contributed by atoms with Gasteiger partial charge in [-0.05, 0) is 78.5 Å². The summed E-state index contributed by atoms with van der Waals surface area (Å²) < 4.78 is 0. The molecule has 11 heteroatoms. The zero-order valence-corrected chi connectivity index (χ0v) is 40.4. The van der Waals surface area contributed by atoms with E-state index >= 15 is 0 Å². The summed E-state index contributed by atoms with van der Waals surface area (Å²) in [5.41, 5.74) is 2.69. The van der Waals surface area contributed by atoms with Crippen LogP contribution in [0.25, 0.3) is 0 Å². The van der Waals surface area contributed by atoms with Crippen molar-refractivity contribution in [2.45, 2.75) is 170 Å². The van der Waals surface area contributed by atoms with Gasteiger partial charge in [0.05, 0.1) is 27.3 Å². The number of hydrogen-bond donors (Lipinski definition) is 3. The minimum atomic E-state index is -0.802. The first-order chi connectivity index (χ1) is 27.9. The van der Waals surface area contributed by atoms with Gasteiger partial charge in [0.25, 0.3) is 0 Å². The summed E-state index contributed by atoms with van der Waals surface area (Å²) in [7, 11) is 0. The number of anilines is 1. The molecule has 0 aliphatic heterocycles. The lowest BCUT2D eigenvalue weighted by molar-refractivity contribution is -0.422. The van der Waals surface area contributed by atoms with Gasteiger partial charge in [0.1, 0.15) is 17.2 Å². The Kier molecular flexibility index (Phi) is 13.2. The van der Waals surface area contributed by atoms with E-state index in [1.54, 1.807) is 4.90 Å². The molecule has 3 N–H and O–H groups in total. The minimum Gasteiger partial charge on any atom is -0.507 e. The molecule has 0 fully saturated rings. The molecule has 4 aromatic rings. The zero-order valence-electron chi connectivity index (χ0n) is 40.4. The summed E-state index contributed by atoms with van der Waals surface area (Å²) in [5.74, 6) is 0.110. The molecule has 0 aromatic heterocycles. The van der Waals surface area contributed by atoms with Gasteiger partial charge < -0.3 is 20.2 Å². The third kappa shape index (κ3) is 10.9. The van der Waals surface area contributed by atoms with Crippen LogP contribution in [0, 0.1) is 20.2 Å². The highest BCUT2D eigenvalue weighted by Crippen LogP contribution is 2.46. The first-order valence-corrected chi connectivity index (χ1v) is 21.3. The maximum atomic E-state index is 12.7. The Morgan fingerprint density at radius 3 is 1.18 bits per heavy atom. The molecule has 0 heterocycles. The van der Waals surface area contributed by atoms with Crippen LogP contribution in [0.15, 0.2) is 53.5 Å². The van der Waals surface area contributed by atoms with Crippen LogP contribution in [-0.2, 0) is 45.6 Å². The molecule has 0 radical (unpaired) electrons. The molecule has 4 rings (SSSR count). The number of nitro groups is 2. The van der Waals surface area contributed by atoms with E-state index < -0.39 is 37.5 Å². The maximum absolute atomic E-state index is 12.7. The molecule has 11 nitrogen and oxygen atoms in total. The molecule has 0 saturated carbocycles. The van der Waals surface area contributed by atoms with Gasteiger partial charge in [0.15, 0.2) is 0 Å². The van der Waals surface area contributed by atoms with Gasteiger partial charge in [-0.15, -0.1) is 0 Å². The van der Waals surface area contributed by atoms with Crippen LogP contribution in [0.5, 0.6) is 17.2 Å². The van der Waals surface area contributed by atoms with Crippen molar-refractivity contribution < 1.29 is 25.2 Å². The van der Waals surface area contributed by atoms with Gasteiger partial charge in [0.2, 0.25) is 0 Å². The molecule has 4 aromatic carbocycles. The summed E-state index contributed by atoms with van der Waals surface area (Å²) in [6, 6.07) is 13.9. The Morgan fingerprint density at radius 1 is 0.500 bits per heavy atom. The normalized spacial score (nSPS) is 13.2. The monoisotopic (exact) mass is 851 g/mol. The largest absolute Gasteiger partial charge is 0.507 e. The fraction of sp³-hybridized carbons (Fsp3) is 0.510. The predicted molar refractivity (Wildman–Crippen MR) is 253 cm³/mol. The van der Waals surface area contributed by atoms with Gasteiger partial charge >= 0.3 is 11.4 Å². The van der Waals surface area contributed by atoms with E-state index in [-0.39, 0.29) is 58.0 Å². The first-order valence-electron chi connectivity index (χ1n) is 21.3. The molecule has 0 atom stereocenters. The Balaban J connectivity index is 2.20. The van der Waals surface area contributed by atoms with Gasteiger partial charge in [-0.1, -0.05) is 143 Å². The minimum absolute atomic E-state index is 0.00122. The molecule has 62 heavy (non-hydrogen) atoms. The van der Waals surface area contributed by atoms with E-state index in [1.165, 1.54) is 6.21 Å². The molecule has 0 aliphatic carbocycles. The number of nitrogens with zero attached hydrogens (tertiary/aromatic N) is 4. The average Bonchev–Trinajstić information content (AvgIpc) is 3.08. The van der Waals surface area contributed by atoms with Crippen molar-refractivity contribution in [3.05, 3.63) is 119 Å². The number of nitro benzene ring substituents is 2.